The van der Waals surface area contributed by atoms with E-state index >= 15 is 0 Å². The van der Waals surface area contributed by atoms with Crippen molar-refractivity contribution in [2.45, 2.75) is 26.6 Å². The minimum atomic E-state index is 0.603. The van der Waals surface area contributed by atoms with Crippen molar-refractivity contribution in [1.82, 2.24) is 10.6 Å². The summed E-state index contributed by atoms with van der Waals surface area (Å²) in [5.74, 6) is 0.798. The minimum Gasteiger partial charge on any atom is -0.379 e. The van der Waals surface area contributed by atoms with E-state index in [1.807, 2.05) is 6.92 Å². The van der Waals surface area contributed by atoms with E-state index in [-0.39, 0.29) is 0 Å². The molecule has 0 aliphatic heterocycles. The van der Waals surface area contributed by atoms with Gasteiger partial charge in [0.1, 0.15) is 0 Å². The lowest BCUT2D eigenvalue weighted by Gasteiger charge is -2.12. The maximum atomic E-state index is 5.62. The van der Waals surface area contributed by atoms with Crippen LogP contribution >= 0.6 is 11.3 Å². The third kappa shape index (κ3) is 7.69. The Kier molecular flexibility index (Phi) is 9.04. The van der Waals surface area contributed by atoms with Crippen LogP contribution in [0.1, 0.15) is 22.9 Å². The molecule has 1 aromatic heterocycles. The minimum absolute atomic E-state index is 0.603. The predicted molar refractivity (Wildman–Crippen MR) is 104 cm³/mol. The molecule has 1 heterocycles. The van der Waals surface area contributed by atoms with E-state index in [0.29, 0.717) is 19.8 Å². The third-order valence-electron chi connectivity index (χ3n) is 3.53. The number of hydrogen-bond acceptors (Lipinski definition) is 4. The van der Waals surface area contributed by atoms with E-state index in [4.69, 9.17) is 9.47 Å². The lowest BCUT2D eigenvalue weighted by Crippen LogP contribution is -2.36. The van der Waals surface area contributed by atoms with Crippen molar-refractivity contribution in [3.8, 4) is 0 Å². The summed E-state index contributed by atoms with van der Waals surface area (Å²) < 4.78 is 10.9. The third-order valence-corrected chi connectivity index (χ3v) is 4.41. The number of thiophene rings is 1. The molecule has 0 atom stereocenters. The Balaban J connectivity index is 1.74. The van der Waals surface area contributed by atoms with Gasteiger partial charge in [0.05, 0.1) is 26.4 Å². The highest BCUT2D eigenvalue weighted by Gasteiger charge is 2.01. The van der Waals surface area contributed by atoms with Crippen molar-refractivity contribution in [3.05, 3.63) is 57.8 Å². The average Bonchev–Trinajstić information content (AvgIpc) is 3.16. The first-order valence-corrected chi connectivity index (χ1v) is 9.40. The SMILES string of the molecule is CCOCCOCc1cccc(CNC(=NC)NCc2cccs2)c1. The highest BCUT2D eigenvalue weighted by atomic mass is 32.1. The van der Waals surface area contributed by atoms with Crippen molar-refractivity contribution in [1.29, 1.82) is 0 Å². The molecule has 5 nitrogen and oxygen atoms in total. The van der Waals surface area contributed by atoms with Crippen molar-refractivity contribution in [2.75, 3.05) is 26.9 Å². The molecule has 0 amide bonds. The van der Waals surface area contributed by atoms with Gasteiger partial charge in [-0.3, -0.25) is 4.99 Å². The van der Waals surface area contributed by atoms with Crippen molar-refractivity contribution in [2.24, 2.45) is 4.99 Å². The number of hydrogen-bond donors (Lipinski definition) is 2. The molecule has 25 heavy (non-hydrogen) atoms. The zero-order valence-electron chi connectivity index (χ0n) is 15.0. The Labute approximate surface area is 154 Å². The number of aliphatic imine (C=N–C) groups is 1. The molecule has 0 radical (unpaired) electrons. The van der Waals surface area contributed by atoms with Crippen LogP contribution in [0.15, 0.2) is 46.8 Å². The van der Waals surface area contributed by atoms with Crippen LogP contribution < -0.4 is 10.6 Å². The first kappa shape index (κ1) is 19.4. The van der Waals surface area contributed by atoms with Gasteiger partial charge < -0.3 is 20.1 Å². The maximum absolute atomic E-state index is 5.62. The van der Waals surface area contributed by atoms with Crippen LogP contribution in [-0.4, -0.2) is 32.8 Å². The topological polar surface area (TPSA) is 54.9 Å². The van der Waals surface area contributed by atoms with Gasteiger partial charge in [0.15, 0.2) is 5.96 Å². The molecule has 0 fully saturated rings. The van der Waals surface area contributed by atoms with Crippen LogP contribution in [0.2, 0.25) is 0 Å². The number of ether oxygens (including phenoxy) is 2. The second-order valence-corrected chi connectivity index (χ2v) is 6.46. The molecule has 0 aliphatic rings. The molecule has 136 valence electrons. The highest BCUT2D eigenvalue weighted by Crippen LogP contribution is 2.08. The smallest absolute Gasteiger partial charge is 0.191 e. The summed E-state index contributed by atoms with van der Waals surface area (Å²) >= 11 is 1.74. The van der Waals surface area contributed by atoms with Gasteiger partial charge in [-0.1, -0.05) is 30.3 Å². The molecule has 6 heteroatoms. The predicted octanol–water partition coefficient (Wildman–Crippen LogP) is 3.17. The Morgan fingerprint density at radius 3 is 2.60 bits per heavy atom. The molecule has 1 aromatic carbocycles. The number of rotatable bonds is 10. The van der Waals surface area contributed by atoms with E-state index in [9.17, 15) is 0 Å². The highest BCUT2D eigenvalue weighted by molar-refractivity contribution is 7.09. The van der Waals surface area contributed by atoms with Crippen LogP contribution in [0, 0.1) is 0 Å². The Morgan fingerprint density at radius 2 is 1.84 bits per heavy atom. The summed E-state index contributed by atoms with van der Waals surface area (Å²) in [4.78, 5) is 5.55. The summed E-state index contributed by atoms with van der Waals surface area (Å²) in [6.07, 6.45) is 0. The molecule has 0 aliphatic carbocycles. The molecular formula is C19H27N3O2S. The van der Waals surface area contributed by atoms with E-state index in [1.165, 1.54) is 10.4 Å². The van der Waals surface area contributed by atoms with Gasteiger partial charge in [-0.15, -0.1) is 11.3 Å². The first-order chi connectivity index (χ1) is 12.3. The summed E-state index contributed by atoms with van der Waals surface area (Å²) in [6, 6.07) is 12.6. The lowest BCUT2D eigenvalue weighted by atomic mass is 10.1. The van der Waals surface area contributed by atoms with Gasteiger partial charge in [-0.2, -0.15) is 0 Å². The standard InChI is InChI=1S/C19H27N3O2S/c1-3-23-9-10-24-15-17-7-4-6-16(12-17)13-21-19(20-2)22-14-18-8-5-11-25-18/h4-8,11-12H,3,9-10,13-15H2,1-2H3,(H2,20,21,22). The van der Waals surface area contributed by atoms with Gasteiger partial charge in [0.2, 0.25) is 0 Å². The number of nitrogens with one attached hydrogen (secondary N) is 2. The monoisotopic (exact) mass is 361 g/mol. The van der Waals surface area contributed by atoms with Crippen molar-refractivity contribution in [3.63, 3.8) is 0 Å². The Bertz CT molecular complexity index is 629. The van der Waals surface area contributed by atoms with Crippen LogP contribution in [0.5, 0.6) is 0 Å². The van der Waals surface area contributed by atoms with Crippen molar-refractivity contribution >= 4 is 17.3 Å². The second kappa shape index (κ2) is 11.6. The summed E-state index contributed by atoms with van der Waals surface area (Å²) in [5.41, 5.74) is 2.36. The Hall–Kier alpha value is -1.89. The van der Waals surface area contributed by atoms with Gasteiger partial charge in [-0.25, -0.2) is 0 Å². The molecule has 0 bridgehead atoms. The van der Waals surface area contributed by atoms with Gasteiger partial charge >= 0.3 is 0 Å². The second-order valence-electron chi connectivity index (χ2n) is 5.43. The van der Waals surface area contributed by atoms with Gasteiger partial charge in [0.25, 0.3) is 0 Å². The Morgan fingerprint density at radius 1 is 1.04 bits per heavy atom. The quantitative estimate of drug-likeness (QED) is 0.388. The maximum Gasteiger partial charge on any atom is 0.191 e. The zero-order chi connectivity index (χ0) is 17.7. The van der Waals surface area contributed by atoms with E-state index < -0.39 is 0 Å². The molecule has 2 aromatic rings. The molecule has 2 rings (SSSR count). The lowest BCUT2D eigenvalue weighted by molar-refractivity contribution is 0.0453. The zero-order valence-corrected chi connectivity index (χ0v) is 15.8. The van der Waals surface area contributed by atoms with Crippen LogP contribution in [0.4, 0.5) is 0 Å². The van der Waals surface area contributed by atoms with Crippen molar-refractivity contribution < 1.29 is 9.47 Å². The van der Waals surface area contributed by atoms with E-state index in [0.717, 1.165) is 31.2 Å². The molecule has 0 saturated heterocycles. The molecule has 0 unspecified atom stereocenters. The fraction of sp³-hybridized carbons (Fsp3) is 0.421. The van der Waals surface area contributed by atoms with Crippen LogP contribution in [0.3, 0.4) is 0 Å². The molecular weight excluding hydrogens is 334 g/mol. The number of benzene rings is 1. The summed E-state index contributed by atoms with van der Waals surface area (Å²) in [5, 5.41) is 8.74. The van der Waals surface area contributed by atoms with E-state index in [1.54, 1.807) is 18.4 Å². The largest absolute Gasteiger partial charge is 0.379 e. The normalized spacial score (nSPS) is 11.5. The van der Waals surface area contributed by atoms with Crippen LogP contribution in [-0.2, 0) is 29.2 Å². The average molecular weight is 362 g/mol. The molecule has 0 spiro atoms. The summed E-state index contributed by atoms with van der Waals surface area (Å²) in [6.45, 7) is 6.08. The fourth-order valence-corrected chi connectivity index (χ4v) is 2.92. The van der Waals surface area contributed by atoms with Gasteiger partial charge in [-0.05, 0) is 29.5 Å². The first-order valence-electron chi connectivity index (χ1n) is 8.52. The number of guanidine groups is 1. The van der Waals surface area contributed by atoms with Gasteiger partial charge in [0, 0.05) is 25.1 Å². The molecule has 2 N–H and O–H groups in total. The summed E-state index contributed by atoms with van der Waals surface area (Å²) in [7, 11) is 1.78. The van der Waals surface area contributed by atoms with E-state index in [2.05, 4.69) is 57.4 Å². The number of nitrogens with zero attached hydrogens (tertiary/aromatic N) is 1. The van der Waals surface area contributed by atoms with Crippen LogP contribution in [0.25, 0.3) is 0 Å². The fourth-order valence-electron chi connectivity index (χ4n) is 2.27. The molecule has 0 saturated carbocycles.